The maximum Gasteiger partial charge on any atom is 0.321 e. The molecule has 3 N–H and O–H groups in total. The summed E-state index contributed by atoms with van der Waals surface area (Å²) in [7, 11) is 0. The van der Waals surface area contributed by atoms with Gasteiger partial charge in [-0.1, -0.05) is 18.2 Å². The zero-order valence-corrected chi connectivity index (χ0v) is 15.7. The molecule has 0 aromatic heterocycles. The Hall–Kier alpha value is -3.62. The van der Waals surface area contributed by atoms with Crippen LogP contribution in [0.4, 0.5) is 16.2 Å². The molecule has 0 aliphatic carbocycles. The average molecular weight is 398 g/mol. The lowest BCUT2D eigenvalue weighted by Crippen LogP contribution is -2.46. The number of nitrogens with one attached hydrogen (secondary N) is 2. The summed E-state index contributed by atoms with van der Waals surface area (Å²) in [6, 6.07) is 12.5. The van der Waals surface area contributed by atoms with E-state index >= 15 is 0 Å². The Kier molecular flexibility index (Phi) is 6.28. The number of hydrogen-bond acceptors (Lipinski definition) is 5. The van der Waals surface area contributed by atoms with Gasteiger partial charge in [0, 0.05) is 43.0 Å². The summed E-state index contributed by atoms with van der Waals surface area (Å²) in [5, 5.41) is 26.3. The fourth-order valence-electron chi connectivity index (χ4n) is 3.25. The summed E-state index contributed by atoms with van der Waals surface area (Å²) in [6.07, 6.45) is 1.34. The molecule has 3 amide bonds. The molecule has 1 saturated heterocycles. The fraction of sp³-hybridized carbons (Fsp3) is 0.300. The number of rotatable bonds is 5. The minimum atomic E-state index is -0.560. The number of phenolic OH excluding ortho intramolecular Hbond substituents is 1. The van der Waals surface area contributed by atoms with Gasteiger partial charge in [0.15, 0.2) is 0 Å². The van der Waals surface area contributed by atoms with Crippen molar-refractivity contribution < 1.29 is 19.6 Å². The van der Waals surface area contributed by atoms with Gasteiger partial charge in [0.05, 0.1) is 10.8 Å². The van der Waals surface area contributed by atoms with Crippen LogP contribution in [0.5, 0.6) is 5.75 Å². The van der Waals surface area contributed by atoms with Gasteiger partial charge in [0.1, 0.15) is 5.75 Å². The third-order valence-electron chi connectivity index (χ3n) is 4.83. The van der Waals surface area contributed by atoms with Gasteiger partial charge in [-0.25, -0.2) is 4.79 Å². The van der Waals surface area contributed by atoms with Crippen LogP contribution in [0, 0.1) is 16.0 Å². The molecule has 2 aromatic rings. The molecule has 1 heterocycles. The molecule has 0 unspecified atom stereocenters. The number of amides is 3. The minimum Gasteiger partial charge on any atom is -0.508 e. The highest BCUT2D eigenvalue weighted by Gasteiger charge is 2.28. The lowest BCUT2D eigenvalue weighted by molar-refractivity contribution is -0.384. The van der Waals surface area contributed by atoms with Crippen molar-refractivity contribution >= 4 is 23.3 Å². The van der Waals surface area contributed by atoms with E-state index in [1.807, 2.05) is 18.2 Å². The number of nitro benzene ring substituents is 1. The molecular formula is C20H22N4O5. The third kappa shape index (κ3) is 5.22. The number of benzene rings is 2. The number of piperidine rings is 1. The van der Waals surface area contributed by atoms with Gasteiger partial charge < -0.3 is 20.6 Å². The highest BCUT2D eigenvalue weighted by Crippen LogP contribution is 2.23. The number of carbonyl (C=O) groups excluding carboxylic acids is 2. The van der Waals surface area contributed by atoms with E-state index < -0.39 is 4.92 Å². The van der Waals surface area contributed by atoms with Crippen LogP contribution < -0.4 is 10.6 Å². The topological polar surface area (TPSA) is 125 Å². The van der Waals surface area contributed by atoms with Crippen LogP contribution in [0.15, 0.2) is 48.5 Å². The van der Waals surface area contributed by atoms with Gasteiger partial charge in [-0.15, -0.1) is 0 Å². The molecule has 3 rings (SSSR count). The molecule has 152 valence electrons. The SMILES string of the molecule is O=C(NCc1cc([N+](=O)[O-])ccc1O)[C@H]1CCCN(C(=O)Nc2ccccc2)C1. The van der Waals surface area contributed by atoms with Crippen LogP contribution in [-0.4, -0.2) is 40.0 Å². The van der Waals surface area contributed by atoms with Crippen molar-refractivity contribution in [2.75, 3.05) is 18.4 Å². The molecule has 9 nitrogen and oxygen atoms in total. The number of nitro groups is 1. The molecular weight excluding hydrogens is 376 g/mol. The third-order valence-corrected chi connectivity index (χ3v) is 4.83. The Balaban J connectivity index is 1.56. The van der Waals surface area contributed by atoms with Gasteiger partial charge in [0.25, 0.3) is 5.69 Å². The number of non-ortho nitro benzene ring substituents is 1. The van der Waals surface area contributed by atoms with Gasteiger partial charge in [-0.05, 0) is 31.0 Å². The van der Waals surface area contributed by atoms with Crippen LogP contribution in [0.25, 0.3) is 0 Å². The van der Waals surface area contributed by atoms with Crippen molar-refractivity contribution in [2.24, 2.45) is 5.92 Å². The second-order valence-electron chi connectivity index (χ2n) is 6.87. The van der Waals surface area contributed by atoms with Crippen molar-refractivity contribution in [3.8, 4) is 5.75 Å². The predicted octanol–water partition coefficient (Wildman–Crippen LogP) is 2.86. The smallest absolute Gasteiger partial charge is 0.321 e. The first kappa shape index (κ1) is 20.1. The van der Waals surface area contributed by atoms with Gasteiger partial charge >= 0.3 is 6.03 Å². The minimum absolute atomic E-state index is 0.0287. The Bertz CT molecular complexity index is 903. The second-order valence-corrected chi connectivity index (χ2v) is 6.87. The van der Waals surface area contributed by atoms with E-state index in [1.54, 1.807) is 17.0 Å². The van der Waals surface area contributed by atoms with Crippen LogP contribution in [-0.2, 0) is 11.3 Å². The molecule has 1 aliphatic rings. The Morgan fingerprint density at radius 3 is 2.69 bits per heavy atom. The van der Waals surface area contributed by atoms with Crippen LogP contribution >= 0.6 is 0 Å². The Morgan fingerprint density at radius 2 is 1.97 bits per heavy atom. The van der Waals surface area contributed by atoms with E-state index in [-0.39, 0.29) is 47.9 Å². The van der Waals surface area contributed by atoms with Crippen molar-refractivity contribution in [1.82, 2.24) is 10.2 Å². The fourth-order valence-corrected chi connectivity index (χ4v) is 3.25. The molecule has 0 bridgehead atoms. The predicted molar refractivity (Wildman–Crippen MR) is 106 cm³/mol. The molecule has 1 atom stereocenters. The van der Waals surface area contributed by atoms with Gasteiger partial charge in [-0.3, -0.25) is 14.9 Å². The molecule has 0 spiro atoms. The monoisotopic (exact) mass is 398 g/mol. The highest BCUT2D eigenvalue weighted by molar-refractivity contribution is 5.90. The summed E-state index contributed by atoms with van der Waals surface area (Å²) in [4.78, 5) is 36.9. The number of para-hydroxylation sites is 1. The quantitative estimate of drug-likeness (QED) is 0.528. The summed E-state index contributed by atoms with van der Waals surface area (Å²) in [5.74, 6) is -0.761. The number of carbonyl (C=O) groups is 2. The van der Waals surface area contributed by atoms with Crippen molar-refractivity contribution in [2.45, 2.75) is 19.4 Å². The first-order valence-electron chi connectivity index (χ1n) is 9.29. The summed E-state index contributed by atoms with van der Waals surface area (Å²) in [5.41, 5.74) is 0.792. The maximum absolute atomic E-state index is 12.5. The molecule has 9 heteroatoms. The van der Waals surface area contributed by atoms with Crippen LogP contribution in [0.3, 0.4) is 0 Å². The maximum atomic E-state index is 12.5. The molecule has 1 aliphatic heterocycles. The number of anilines is 1. The van der Waals surface area contributed by atoms with E-state index in [9.17, 15) is 24.8 Å². The van der Waals surface area contributed by atoms with Gasteiger partial charge in [-0.2, -0.15) is 0 Å². The van der Waals surface area contributed by atoms with Crippen LogP contribution in [0.2, 0.25) is 0 Å². The van der Waals surface area contributed by atoms with E-state index in [0.29, 0.717) is 25.1 Å². The average Bonchev–Trinajstić information content (AvgIpc) is 2.73. The molecule has 29 heavy (non-hydrogen) atoms. The standard InChI is InChI=1S/C20H22N4O5/c25-18-9-8-17(24(28)29)11-15(18)12-21-19(26)14-5-4-10-23(13-14)20(27)22-16-6-2-1-3-7-16/h1-3,6-9,11,14,25H,4-5,10,12-13H2,(H,21,26)(H,22,27)/t14-/m0/s1. The van der Waals surface area contributed by atoms with Gasteiger partial charge in [0.2, 0.25) is 5.91 Å². The Labute approximate surface area is 167 Å². The van der Waals surface area contributed by atoms with Crippen molar-refractivity contribution in [1.29, 1.82) is 0 Å². The molecule has 1 fully saturated rings. The van der Waals surface area contributed by atoms with E-state index in [0.717, 1.165) is 0 Å². The lowest BCUT2D eigenvalue weighted by atomic mass is 9.97. The van der Waals surface area contributed by atoms with Crippen molar-refractivity contribution in [3.63, 3.8) is 0 Å². The van der Waals surface area contributed by atoms with E-state index in [4.69, 9.17) is 0 Å². The summed E-state index contributed by atoms with van der Waals surface area (Å²) < 4.78 is 0. The number of nitrogens with zero attached hydrogens (tertiary/aromatic N) is 2. The molecule has 0 saturated carbocycles. The highest BCUT2D eigenvalue weighted by atomic mass is 16.6. The first-order valence-corrected chi connectivity index (χ1v) is 9.29. The number of hydrogen-bond donors (Lipinski definition) is 3. The molecule has 2 aromatic carbocycles. The summed E-state index contributed by atoms with van der Waals surface area (Å²) in [6.45, 7) is 0.818. The zero-order chi connectivity index (χ0) is 20.8. The molecule has 0 radical (unpaired) electrons. The number of aromatic hydroxyl groups is 1. The Morgan fingerprint density at radius 1 is 1.21 bits per heavy atom. The largest absolute Gasteiger partial charge is 0.508 e. The first-order chi connectivity index (χ1) is 13.9. The van der Waals surface area contributed by atoms with Crippen molar-refractivity contribution in [3.05, 3.63) is 64.2 Å². The summed E-state index contributed by atoms with van der Waals surface area (Å²) >= 11 is 0. The second kappa shape index (κ2) is 9.05. The lowest BCUT2D eigenvalue weighted by Gasteiger charge is -2.32. The number of phenols is 1. The number of likely N-dealkylation sites (tertiary alicyclic amines) is 1. The normalized spacial score (nSPS) is 16.1. The van der Waals surface area contributed by atoms with E-state index in [2.05, 4.69) is 10.6 Å². The van der Waals surface area contributed by atoms with Crippen LogP contribution in [0.1, 0.15) is 18.4 Å². The number of urea groups is 1. The van der Waals surface area contributed by atoms with E-state index in [1.165, 1.54) is 18.2 Å². The zero-order valence-electron chi connectivity index (χ0n) is 15.7.